The molecule has 3 nitrogen and oxygen atoms in total. The first-order valence-electron chi connectivity index (χ1n) is 7.73. The molecule has 0 radical (unpaired) electrons. The molecule has 1 aliphatic rings. The molecule has 0 spiro atoms. The van der Waals surface area contributed by atoms with E-state index < -0.39 is 0 Å². The van der Waals surface area contributed by atoms with Crippen molar-refractivity contribution in [3.63, 3.8) is 0 Å². The first-order chi connectivity index (χ1) is 10.7. The fourth-order valence-corrected chi connectivity index (χ4v) is 3.62. The van der Waals surface area contributed by atoms with Gasteiger partial charge in [-0.25, -0.2) is 0 Å². The number of hydrogen-bond donors (Lipinski definition) is 2. The standard InChI is InChI=1S/C19H20NO2.CH3.U/c20-18-9-6-16(12-14(18)13-21)19(10-2-1-3-11-19)15-4-7-17(22)8-5-15;;/h4-9,12,22H,1-3,10-11,20H2;1H3;/q2*-1;+2. The SMILES string of the molecule is Nc1ccc(C2(c3ccc(O)cc3)CCCCC2)cc1[C-]=O.[CH3-].[U+2]. The molecular weight excluding hydrogens is 524 g/mol. The molecule has 0 aromatic heterocycles. The summed E-state index contributed by atoms with van der Waals surface area (Å²) >= 11 is 0. The number of rotatable bonds is 3. The van der Waals surface area contributed by atoms with Crippen LogP contribution < -0.4 is 5.73 Å². The third-order valence-electron chi connectivity index (χ3n) is 4.84. The Bertz CT molecular complexity index is 677. The van der Waals surface area contributed by atoms with Gasteiger partial charge in [-0.3, -0.25) is 0 Å². The summed E-state index contributed by atoms with van der Waals surface area (Å²) in [7, 11) is 0. The quantitative estimate of drug-likeness (QED) is 0.449. The number of phenolic OH excluding ortho intramolecular Hbond substituents is 1. The predicted octanol–water partition coefficient (Wildman–Crippen LogP) is 4.13. The zero-order valence-electron chi connectivity index (χ0n) is 14.0. The summed E-state index contributed by atoms with van der Waals surface area (Å²) in [5.74, 6) is 0.272. The number of carbonyl (C=O) groups excluding carboxylic acids is 1. The van der Waals surface area contributed by atoms with Crippen LogP contribution >= 0.6 is 0 Å². The zero-order valence-corrected chi connectivity index (χ0v) is 18.2. The van der Waals surface area contributed by atoms with Crippen LogP contribution in [0.5, 0.6) is 5.75 Å². The van der Waals surface area contributed by atoms with Crippen molar-refractivity contribution in [2.24, 2.45) is 0 Å². The van der Waals surface area contributed by atoms with Crippen LogP contribution in [-0.4, -0.2) is 11.4 Å². The molecule has 0 bridgehead atoms. The van der Waals surface area contributed by atoms with E-state index in [0.29, 0.717) is 11.3 Å². The third kappa shape index (κ3) is 3.87. The van der Waals surface area contributed by atoms with Gasteiger partial charge in [0.05, 0.1) is 6.29 Å². The molecule has 124 valence electrons. The van der Waals surface area contributed by atoms with Gasteiger partial charge in [0.25, 0.3) is 0 Å². The molecular formula is C20H23NO2U. The zero-order chi connectivity index (χ0) is 15.6. The Morgan fingerprint density at radius 2 is 1.54 bits per heavy atom. The van der Waals surface area contributed by atoms with Gasteiger partial charge in [-0.15, -0.1) is 5.56 Å². The second-order valence-electron chi connectivity index (χ2n) is 6.09. The van der Waals surface area contributed by atoms with Crippen LogP contribution in [0, 0.1) is 38.5 Å². The molecule has 0 amide bonds. The van der Waals surface area contributed by atoms with E-state index in [9.17, 15) is 9.90 Å². The molecule has 2 aromatic rings. The molecule has 2 aromatic carbocycles. The number of aromatic hydroxyl groups is 1. The van der Waals surface area contributed by atoms with Gasteiger partial charge in [0.2, 0.25) is 0 Å². The maximum absolute atomic E-state index is 11.1. The molecule has 0 aliphatic heterocycles. The smallest absolute Gasteiger partial charge is 0.508 e. The van der Waals surface area contributed by atoms with Crippen molar-refractivity contribution in [1.29, 1.82) is 0 Å². The minimum absolute atomic E-state index is 0. The maximum Gasteiger partial charge on any atom is 2.00 e. The fourth-order valence-electron chi connectivity index (χ4n) is 3.62. The molecule has 0 heterocycles. The number of benzene rings is 2. The Kier molecular flexibility index (Phi) is 7.58. The van der Waals surface area contributed by atoms with Crippen molar-refractivity contribution in [3.8, 4) is 5.75 Å². The van der Waals surface area contributed by atoms with Gasteiger partial charge in [-0.2, -0.15) is 6.07 Å². The van der Waals surface area contributed by atoms with Gasteiger partial charge >= 0.3 is 31.1 Å². The molecule has 3 N–H and O–H groups in total. The second kappa shape index (κ2) is 8.74. The van der Waals surface area contributed by atoms with Crippen LogP contribution in [0.3, 0.4) is 0 Å². The number of nitrogens with two attached hydrogens (primary N) is 1. The Balaban J connectivity index is 0.00000144. The van der Waals surface area contributed by atoms with Crippen molar-refractivity contribution in [2.45, 2.75) is 37.5 Å². The first-order valence-corrected chi connectivity index (χ1v) is 7.73. The van der Waals surface area contributed by atoms with Crippen LogP contribution in [0.4, 0.5) is 5.69 Å². The van der Waals surface area contributed by atoms with Crippen LogP contribution in [0.2, 0.25) is 0 Å². The molecule has 0 unspecified atom stereocenters. The van der Waals surface area contributed by atoms with Gasteiger partial charge < -0.3 is 23.1 Å². The van der Waals surface area contributed by atoms with Crippen molar-refractivity contribution in [1.82, 2.24) is 0 Å². The maximum atomic E-state index is 11.1. The van der Waals surface area contributed by atoms with E-state index in [1.165, 1.54) is 12.0 Å². The van der Waals surface area contributed by atoms with Crippen LogP contribution in [0.15, 0.2) is 42.5 Å². The topological polar surface area (TPSA) is 63.3 Å². The minimum Gasteiger partial charge on any atom is -0.508 e. The minimum atomic E-state index is -0.106. The number of nitrogen functional groups attached to an aromatic ring is 1. The van der Waals surface area contributed by atoms with Gasteiger partial charge in [0.15, 0.2) is 0 Å². The molecule has 24 heavy (non-hydrogen) atoms. The summed E-state index contributed by atoms with van der Waals surface area (Å²) in [5.41, 5.74) is 8.93. The number of phenols is 1. The molecule has 0 atom stereocenters. The van der Waals surface area contributed by atoms with Crippen LogP contribution in [0.25, 0.3) is 0 Å². The first kappa shape index (κ1) is 20.8. The van der Waals surface area contributed by atoms with Crippen LogP contribution in [0.1, 0.15) is 48.8 Å². The summed E-state index contributed by atoms with van der Waals surface area (Å²) < 4.78 is 0. The second-order valence-corrected chi connectivity index (χ2v) is 6.09. The number of hydrogen-bond acceptors (Lipinski definition) is 3. The van der Waals surface area contributed by atoms with Gasteiger partial charge in [-0.1, -0.05) is 54.8 Å². The molecule has 0 saturated heterocycles. The summed E-state index contributed by atoms with van der Waals surface area (Å²) in [6, 6.07) is 13.1. The van der Waals surface area contributed by atoms with Crippen molar-refractivity contribution < 1.29 is 41.0 Å². The van der Waals surface area contributed by atoms with Crippen molar-refractivity contribution >= 4 is 12.0 Å². The van der Waals surface area contributed by atoms with Gasteiger partial charge in [0, 0.05) is 5.41 Å². The Morgan fingerprint density at radius 1 is 0.958 bits per heavy atom. The van der Waals surface area contributed by atoms with E-state index in [2.05, 4.69) is 0 Å². The molecule has 4 heteroatoms. The third-order valence-corrected chi connectivity index (χ3v) is 4.84. The normalized spacial score (nSPS) is 15.7. The summed E-state index contributed by atoms with van der Waals surface area (Å²) in [4.78, 5) is 11.1. The predicted molar refractivity (Wildman–Crippen MR) is 94.0 cm³/mol. The summed E-state index contributed by atoms with van der Waals surface area (Å²) in [5, 5.41) is 9.56. The van der Waals surface area contributed by atoms with E-state index in [-0.39, 0.29) is 49.7 Å². The average Bonchev–Trinajstić information content (AvgIpc) is 2.56. The molecule has 3 rings (SSSR count). The Morgan fingerprint density at radius 3 is 2.12 bits per heavy atom. The van der Waals surface area contributed by atoms with E-state index in [1.54, 1.807) is 18.2 Å². The largest absolute Gasteiger partial charge is 2.00 e. The average molecular weight is 547 g/mol. The van der Waals surface area contributed by atoms with Gasteiger partial charge in [-0.05, 0) is 30.5 Å². The van der Waals surface area contributed by atoms with Gasteiger partial charge in [0.1, 0.15) is 5.75 Å². The van der Waals surface area contributed by atoms with E-state index >= 15 is 0 Å². The fraction of sp³-hybridized carbons (Fsp3) is 0.300. The Labute approximate surface area is 168 Å². The Hall–Kier alpha value is -1.24. The number of anilines is 1. The van der Waals surface area contributed by atoms with Crippen molar-refractivity contribution in [2.75, 3.05) is 5.73 Å². The summed E-state index contributed by atoms with van der Waals surface area (Å²) in [6.07, 6.45) is 7.57. The van der Waals surface area contributed by atoms with Crippen LogP contribution in [-0.2, 0) is 10.2 Å². The van der Waals surface area contributed by atoms with E-state index in [0.717, 1.165) is 31.2 Å². The van der Waals surface area contributed by atoms with E-state index in [4.69, 9.17) is 5.73 Å². The monoisotopic (exact) mass is 547 g/mol. The molecule has 1 saturated carbocycles. The molecule has 1 fully saturated rings. The van der Waals surface area contributed by atoms with Crippen molar-refractivity contribution in [3.05, 3.63) is 66.6 Å². The van der Waals surface area contributed by atoms with E-state index in [1.807, 2.05) is 30.6 Å². The molecule has 1 aliphatic carbocycles. The summed E-state index contributed by atoms with van der Waals surface area (Å²) in [6.45, 7) is 0.